The first-order valence-corrected chi connectivity index (χ1v) is 6.45. The molecule has 1 aliphatic heterocycles. The lowest BCUT2D eigenvalue weighted by atomic mass is 9.96. The second-order valence-corrected chi connectivity index (χ2v) is 4.99. The Bertz CT molecular complexity index is 426. The molecule has 1 saturated heterocycles. The lowest BCUT2D eigenvalue weighted by Gasteiger charge is -2.22. The number of hydrogen-bond donors (Lipinski definition) is 3. The maximum atomic E-state index is 11.9. The van der Waals surface area contributed by atoms with Gasteiger partial charge in [-0.15, -0.1) is 0 Å². The topological polar surface area (TPSA) is 61.4 Å². The molecule has 18 heavy (non-hydrogen) atoms. The molecule has 98 valence electrons. The highest BCUT2D eigenvalue weighted by Crippen LogP contribution is 2.24. The maximum absolute atomic E-state index is 11.9. The van der Waals surface area contributed by atoms with Gasteiger partial charge in [0.2, 0.25) is 5.91 Å². The van der Waals surface area contributed by atoms with E-state index in [4.69, 9.17) is 0 Å². The highest BCUT2D eigenvalue weighted by Gasteiger charge is 2.17. The van der Waals surface area contributed by atoms with Gasteiger partial charge in [0.05, 0.1) is 5.69 Å². The number of phenolic OH excluding ortho intramolecular Hbond substituents is 1. The Hall–Kier alpha value is -1.55. The van der Waals surface area contributed by atoms with Gasteiger partial charge in [-0.25, -0.2) is 0 Å². The summed E-state index contributed by atoms with van der Waals surface area (Å²) < 4.78 is 0. The number of benzene rings is 1. The Labute approximate surface area is 107 Å². The predicted octanol–water partition coefficient (Wildman–Crippen LogP) is 2.03. The van der Waals surface area contributed by atoms with Gasteiger partial charge in [0, 0.05) is 6.42 Å². The van der Waals surface area contributed by atoms with E-state index in [0.717, 1.165) is 31.5 Å². The lowest BCUT2D eigenvalue weighted by Crippen LogP contribution is -2.32. The smallest absolute Gasteiger partial charge is 0.224 e. The van der Waals surface area contributed by atoms with Gasteiger partial charge in [0.15, 0.2) is 0 Å². The monoisotopic (exact) mass is 248 g/mol. The summed E-state index contributed by atoms with van der Waals surface area (Å²) in [7, 11) is 0. The van der Waals surface area contributed by atoms with Crippen molar-refractivity contribution in [3.63, 3.8) is 0 Å². The van der Waals surface area contributed by atoms with Crippen molar-refractivity contribution >= 4 is 11.6 Å². The number of piperidine rings is 1. The zero-order valence-electron chi connectivity index (χ0n) is 10.7. The first-order valence-electron chi connectivity index (χ1n) is 6.45. The number of phenols is 1. The molecule has 1 aliphatic rings. The van der Waals surface area contributed by atoms with Crippen molar-refractivity contribution in [1.29, 1.82) is 0 Å². The van der Waals surface area contributed by atoms with Crippen LogP contribution in [0.3, 0.4) is 0 Å². The highest BCUT2D eigenvalue weighted by atomic mass is 16.3. The SMILES string of the molecule is Cc1ccc(O)c(NC(=O)CC2CCCNC2)c1. The minimum Gasteiger partial charge on any atom is -0.506 e. The highest BCUT2D eigenvalue weighted by molar-refractivity contribution is 5.92. The molecule has 4 heteroatoms. The Kier molecular flexibility index (Phi) is 4.20. The number of rotatable bonds is 3. The van der Waals surface area contributed by atoms with Gasteiger partial charge in [0.25, 0.3) is 0 Å². The summed E-state index contributed by atoms with van der Waals surface area (Å²) in [6, 6.07) is 5.20. The van der Waals surface area contributed by atoms with Gasteiger partial charge in [-0.1, -0.05) is 6.07 Å². The Balaban J connectivity index is 1.92. The van der Waals surface area contributed by atoms with Crippen molar-refractivity contribution in [1.82, 2.24) is 5.32 Å². The Morgan fingerprint density at radius 1 is 1.56 bits per heavy atom. The molecule has 2 rings (SSSR count). The van der Waals surface area contributed by atoms with E-state index in [1.165, 1.54) is 0 Å². The predicted molar refractivity (Wildman–Crippen MR) is 71.7 cm³/mol. The van der Waals surface area contributed by atoms with Crippen molar-refractivity contribution in [2.75, 3.05) is 18.4 Å². The van der Waals surface area contributed by atoms with Crippen molar-refractivity contribution < 1.29 is 9.90 Å². The fourth-order valence-corrected chi connectivity index (χ4v) is 2.31. The van der Waals surface area contributed by atoms with Gasteiger partial charge in [-0.3, -0.25) is 4.79 Å². The molecule has 0 aromatic heterocycles. The number of hydrogen-bond acceptors (Lipinski definition) is 3. The molecule has 0 spiro atoms. The first kappa shape index (κ1) is 12.9. The molecule has 1 aromatic rings. The molecule has 1 fully saturated rings. The number of anilines is 1. The Morgan fingerprint density at radius 2 is 2.39 bits per heavy atom. The Morgan fingerprint density at radius 3 is 3.11 bits per heavy atom. The lowest BCUT2D eigenvalue weighted by molar-refractivity contribution is -0.117. The van der Waals surface area contributed by atoms with Crippen LogP contribution in [0.2, 0.25) is 0 Å². The number of amides is 1. The first-order chi connectivity index (χ1) is 8.65. The molecule has 0 radical (unpaired) electrons. The van der Waals surface area contributed by atoms with Crippen LogP contribution in [0.25, 0.3) is 0 Å². The summed E-state index contributed by atoms with van der Waals surface area (Å²) >= 11 is 0. The van der Waals surface area contributed by atoms with Crippen LogP contribution in [0.5, 0.6) is 5.75 Å². The minimum absolute atomic E-state index is 0.0235. The van der Waals surface area contributed by atoms with Crippen molar-refractivity contribution in [2.24, 2.45) is 5.92 Å². The third-order valence-corrected chi connectivity index (χ3v) is 3.30. The molecule has 1 aromatic carbocycles. The van der Waals surface area contributed by atoms with Crippen LogP contribution in [-0.2, 0) is 4.79 Å². The third kappa shape index (κ3) is 3.47. The average molecular weight is 248 g/mol. The van der Waals surface area contributed by atoms with Crippen LogP contribution in [0.15, 0.2) is 18.2 Å². The van der Waals surface area contributed by atoms with E-state index in [0.29, 0.717) is 18.0 Å². The fraction of sp³-hybridized carbons (Fsp3) is 0.500. The summed E-state index contributed by atoms with van der Waals surface area (Å²) in [4.78, 5) is 11.9. The van der Waals surface area contributed by atoms with Gasteiger partial charge in [-0.05, 0) is 56.5 Å². The summed E-state index contributed by atoms with van der Waals surface area (Å²) in [5.41, 5.74) is 1.52. The molecule has 0 aliphatic carbocycles. The van der Waals surface area contributed by atoms with E-state index in [1.54, 1.807) is 12.1 Å². The molecular weight excluding hydrogens is 228 g/mol. The summed E-state index contributed by atoms with van der Waals surface area (Å²) in [6.07, 6.45) is 2.74. The van der Waals surface area contributed by atoms with Crippen LogP contribution in [-0.4, -0.2) is 24.1 Å². The molecule has 1 unspecified atom stereocenters. The zero-order chi connectivity index (χ0) is 13.0. The van der Waals surface area contributed by atoms with E-state index >= 15 is 0 Å². The quantitative estimate of drug-likeness (QED) is 0.717. The minimum atomic E-state index is -0.0235. The second kappa shape index (κ2) is 5.87. The molecule has 1 atom stereocenters. The summed E-state index contributed by atoms with van der Waals surface area (Å²) in [6.45, 7) is 3.89. The molecule has 3 N–H and O–H groups in total. The maximum Gasteiger partial charge on any atom is 0.224 e. The summed E-state index contributed by atoms with van der Waals surface area (Å²) in [5.74, 6) is 0.506. The fourth-order valence-electron chi connectivity index (χ4n) is 2.31. The van der Waals surface area contributed by atoms with E-state index in [9.17, 15) is 9.90 Å². The summed E-state index contributed by atoms with van der Waals surface area (Å²) in [5, 5.41) is 15.7. The number of nitrogens with one attached hydrogen (secondary N) is 2. The normalized spacial score (nSPS) is 19.5. The van der Waals surface area contributed by atoms with E-state index in [2.05, 4.69) is 10.6 Å². The van der Waals surface area contributed by atoms with Crippen LogP contribution >= 0.6 is 0 Å². The number of aromatic hydroxyl groups is 1. The van der Waals surface area contributed by atoms with Crippen molar-refractivity contribution in [3.8, 4) is 5.75 Å². The van der Waals surface area contributed by atoms with Crippen LogP contribution in [0, 0.1) is 12.8 Å². The standard InChI is InChI=1S/C14H20N2O2/c1-10-4-5-13(17)12(7-10)16-14(18)8-11-3-2-6-15-9-11/h4-5,7,11,15,17H,2-3,6,8-9H2,1H3,(H,16,18). The molecule has 1 amide bonds. The van der Waals surface area contributed by atoms with E-state index in [-0.39, 0.29) is 11.7 Å². The molecule has 1 heterocycles. The van der Waals surface area contributed by atoms with Gasteiger partial charge in [0.1, 0.15) is 5.75 Å². The number of carbonyl (C=O) groups is 1. The van der Waals surface area contributed by atoms with Crippen LogP contribution in [0.4, 0.5) is 5.69 Å². The largest absolute Gasteiger partial charge is 0.506 e. The van der Waals surface area contributed by atoms with E-state index in [1.807, 2.05) is 13.0 Å². The van der Waals surface area contributed by atoms with E-state index < -0.39 is 0 Å². The molecule has 0 bridgehead atoms. The van der Waals surface area contributed by atoms with Gasteiger partial charge >= 0.3 is 0 Å². The zero-order valence-corrected chi connectivity index (χ0v) is 10.7. The number of aryl methyl sites for hydroxylation is 1. The molecular formula is C14H20N2O2. The van der Waals surface area contributed by atoms with Crippen molar-refractivity contribution in [2.45, 2.75) is 26.2 Å². The molecule has 4 nitrogen and oxygen atoms in total. The molecule has 0 saturated carbocycles. The third-order valence-electron chi connectivity index (χ3n) is 3.30. The van der Waals surface area contributed by atoms with Gasteiger partial charge < -0.3 is 15.7 Å². The van der Waals surface area contributed by atoms with Crippen molar-refractivity contribution in [3.05, 3.63) is 23.8 Å². The second-order valence-electron chi connectivity index (χ2n) is 4.99. The van der Waals surface area contributed by atoms with Crippen LogP contribution < -0.4 is 10.6 Å². The average Bonchev–Trinajstić information content (AvgIpc) is 2.35. The number of carbonyl (C=O) groups excluding carboxylic acids is 1. The van der Waals surface area contributed by atoms with Crippen LogP contribution in [0.1, 0.15) is 24.8 Å². The van der Waals surface area contributed by atoms with Gasteiger partial charge in [-0.2, -0.15) is 0 Å².